The van der Waals surface area contributed by atoms with Crippen LogP contribution >= 0.6 is 11.3 Å². The summed E-state index contributed by atoms with van der Waals surface area (Å²) in [6, 6.07) is 2.94. The summed E-state index contributed by atoms with van der Waals surface area (Å²) in [7, 11) is 1.59. The van der Waals surface area contributed by atoms with Crippen molar-refractivity contribution in [2.24, 2.45) is 0 Å². The number of furan rings is 1. The summed E-state index contributed by atoms with van der Waals surface area (Å²) in [5, 5.41) is 9.59. The van der Waals surface area contributed by atoms with E-state index < -0.39 is 5.97 Å². The number of rotatable bonds is 6. The molecule has 0 amide bonds. The van der Waals surface area contributed by atoms with E-state index in [2.05, 4.69) is 4.98 Å². The molecule has 0 aromatic carbocycles. The second-order valence-electron chi connectivity index (χ2n) is 5.70. The number of nitrogens with zero attached hydrogens (tertiary/aromatic N) is 2. The molecule has 0 aliphatic heterocycles. The first-order valence-corrected chi connectivity index (χ1v) is 8.54. The van der Waals surface area contributed by atoms with E-state index in [1.165, 1.54) is 22.0 Å². The van der Waals surface area contributed by atoms with Gasteiger partial charge in [0.05, 0.1) is 18.5 Å². The number of carboxylic acid groups (broad SMARTS) is 1. The van der Waals surface area contributed by atoms with E-state index in [1.54, 1.807) is 13.2 Å². The number of hydrogen-bond acceptors (Lipinski definition) is 6. The van der Waals surface area contributed by atoms with Crippen molar-refractivity contribution in [3.63, 3.8) is 0 Å². The largest absolute Gasteiger partial charge is 0.475 e. The number of hydrogen-bond donors (Lipinski definition) is 1. The summed E-state index contributed by atoms with van der Waals surface area (Å²) < 4.78 is 11.9. The lowest BCUT2D eigenvalue weighted by atomic mass is 10.2. The van der Waals surface area contributed by atoms with Crippen LogP contribution in [0.2, 0.25) is 0 Å². The summed E-state index contributed by atoms with van der Waals surface area (Å²) in [4.78, 5) is 30.4. The van der Waals surface area contributed by atoms with Crippen molar-refractivity contribution in [3.05, 3.63) is 50.3 Å². The molecule has 7 nitrogen and oxygen atoms in total. The van der Waals surface area contributed by atoms with E-state index >= 15 is 0 Å². The Morgan fingerprint density at radius 1 is 1.40 bits per heavy atom. The lowest BCUT2D eigenvalue weighted by molar-refractivity contribution is 0.0660. The van der Waals surface area contributed by atoms with Gasteiger partial charge in [-0.25, -0.2) is 9.78 Å². The summed E-state index contributed by atoms with van der Waals surface area (Å²) in [5.41, 5.74) is 0.779. The molecule has 3 heterocycles. The first-order chi connectivity index (χ1) is 11.9. The maximum absolute atomic E-state index is 13.0. The number of methoxy groups -OCH3 is 1. The molecule has 0 saturated heterocycles. The molecule has 0 saturated carbocycles. The van der Waals surface area contributed by atoms with Crippen molar-refractivity contribution in [1.82, 2.24) is 9.55 Å². The fourth-order valence-corrected chi connectivity index (χ4v) is 3.69. The lowest BCUT2D eigenvalue weighted by Gasteiger charge is -2.11. The van der Waals surface area contributed by atoms with E-state index in [-0.39, 0.29) is 17.9 Å². The molecular weight excluding hydrogens is 344 g/mol. The van der Waals surface area contributed by atoms with Crippen LogP contribution in [0, 0.1) is 13.8 Å². The van der Waals surface area contributed by atoms with Gasteiger partial charge in [0.1, 0.15) is 16.4 Å². The zero-order chi connectivity index (χ0) is 18.1. The van der Waals surface area contributed by atoms with Crippen molar-refractivity contribution in [2.75, 3.05) is 13.7 Å². The van der Waals surface area contributed by atoms with Crippen molar-refractivity contribution in [1.29, 1.82) is 0 Å². The van der Waals surface area contributed by atoms with Gasteiger partial charge in [0.25, 0.3) is 5.56 Å². The molecule has 3 rings (SSSR count). The van der Waals surface area contributed by atoms with Gasteiger partial charge in [-0.15, -0.1) is 11.3 Å². The molecule has 0 spiro atoms. The Kier molecular flexibility index (Phi) is 4.73. The molecule has 25 heavy (non-hydrogen) atoms. The highest BCUT2D eigenvalue weighted by molar-refractivity contribution is 7.18. The van der Waals surface area contributed by atoms with Gasteiger partial charge in [0, 0.05) is 18.4 Å². The predicted octanol–water partition coefficient (Wildman–Crippen LogP) is 2.60. The number of thiophene rings is 1. The third-order valence-corrected chi connectivity index (χ3v) is 5.19. The zero-order valence-corrected chi connectivity index (χ0v) is 15.0. The Morgan fingerprint density at radius 3 is 2.80 bits per heavy atom. The predicted molar refractivity (Wildman–Crippen MR) is 93.7 cm³/mol. The van der Waals surface area contributed by atoms with Crippen LogP contribution in [0.3, 0.4) is 0 Å². The number of aromatic carboxylic acids is 1. The molecule has 8 heteroatoms. The van der Waals surface area contributed by atoms with Gasteiger partial charge >= 0.3 is 5.97 Å². The summed E-state index contributed by atoms with van der Waals surface area (Å²) in [5.74, 6) is -0.313. The van der Waals surface area contributed by atoms with Crippen LogP contribution in [-0.2, 0) is 17.7 Å². The minimum absolute atomic E-state index is 0.127. The Morgan fingerprint density at radius 2 is 2.16 bits per heavy atom. The summed E-state index contributed by atoms with van der Waals surface area (Å²) in [6.45, 7) is 4.43. The number of ether oxygens (including phenoxy) is 1. The molecule has 3 aromatic rings. The second-order valence-corrected chi connectivity index (χ2v) is 6.90. The Hall–Kier alpha value is -2.45. The molecule has 132 valence electrons. The highest BCUT2D eigenvalue weighted by atomic mass is 32.1. The van der Waals surface area contributed by atoms with E-state index in [0.29, 0.717) is 34.8 Å². The van der Waals surface area contributed by atoms with E-state index in [1.807, 2.05) is 13.8 Å². The van der Waals surface area contributed by atoms with Gasteiger partial charge in [-0.1, -0.05) is 0 Å². The number of fused-ring (bicyclic) bond motifs is 1. The van der Waals surface area contributed by atoms with E-state index in [4.69, 9.17) is 14.3 Å². The van der Waals surface area contributed by atoms with Crippen LogP contribution in [0.25, 0.3) is 10.2 Å². The van der Waals surface area contributed by atoms with Crippen LogP contribution in [0.5, 0.6) is 0 Å². The topological polar surface area (TPSA) is 94.6 Å². The molecule has 0 unspecified atom stereocenters. The summed E-state index contributed by atoms with van der Waals surface area (Å²) >= 11 is 1.50. The SMILES string of the molecule is COCCc1nc2sc(C)c(C)c2c(=O)n1Cc1ccc(C(=O)O)o1. The third kappa shape index (κ3) is 3.22. The molecule has 0 aliphatic rings. The molecule has 3 aromatic heterocycles. The van der Waals surface area contributed by atoms with Gasteiger partial charge in [-0.3, -0.25) is 9.36 Å². The number of carbonyl (C=O) groups is 1. The van der Waals surface area contributed by atoms with Crippen LogP contribution in [-0.4, -0.2) is 34.3 Å². The minimum atomic E-state index is -1.14. The first kappa shape index (κ1) is 17.4. The second kappa shape index (κ2) is 6.81. The number of aromatic nitrogens is 2. The molecular formula is C17H18N2O5S. The average Bonchev–Trinajstić information content (AvgIpc) is 3.14. The molecule has 0 bridgehead atoms. The van der Waals surface area contributed by atoms with Gasteiger partial charge in [-0.05, 0) is 31.5 Å². The maximum Gasteiger partial charge on any atom is 0.371 e. The van der Waals surface area contributed by atoms with Crippen molar-refractivity contribution < 1.29 is 19.1 Å². The normalized spacial score (nSPS) is 11.3. The van der Waals surface area contributed by atoms with E-state index in [0.717, 1.165) is 10.4 Å². The number of carboxylic acids is 1. The van der Waals surface area contributed by atoms with Crippen LogP contribution in [0.4, 0.5) is 0 Å². The van der Waals surface area contributed by atoms with Gasteiger partial charge in [-0.2, -0.15) is 0 Å². The maximum atomic E-state index is 13.0. The zero-order valence-electron chi connectivity index (χ0n) is 14.2. The van der Waals surface area contributed by atoms with Crippen LogP contribution < -0.4 is 5.56 Å². The standard InChI is InChI=1S/C17H18N2O5S/c1-9-10(2)25-15-14(9)16(20)19(13(18-15)6-7-23-3)8-11-4-5-12(24-11)17(21)22/h4-5H,6-8H2,1-3H3,(H,21,22). The van der Waals surface area contributed by atoms with Gasteiger partial charge < -0.3 is 14.3 Å². The van der Waals surface area contributed by atoms with Crippen molar-refractivity contribution in [2.45, 2.75) is 26.8 Å². The molecule has 0 aliphatic carbocycles. The monoisotopic (exact) mass is 362 g/mol. The molecule has 0 radical (unpaired) electrons. The van der Waals surface area contributed by atoms with Crippen LogP contribution in [0.15, 0.2) is 21.3 Å². The molecule has 0 fully saturated rings. The van der Waals surface area contributed by atoms with E-state index in [9.17, 15) is 9.59 Å². The Labute approximate surface area is 147 Å². The highest BCUT2D eigenvalue weighted by Gasteiger charge is 2.18. The third-order valence-electron chi connectivity index (χ3n) is 4.08. The fraction of sp³-hybridized carbons (Fsp3) is 0.353. The number of aryl methyl sites for hydroxylation is 2. The van der Waals surface area contributed by atoms with Crippen molar-refractivity contribution >= 4 is 27.5 Å². The smallest absolute Gasteiger partial charge is 0.371 e. The molecule has 0 atom stereocenters. The fourth-order valence-electron chi connectivity index (χ4n) is 2.65. The Balaban J connectivity index is 2.12. The molecule has 1 N–H and O–H groups in total. The average molecular weight is 362 g/mol. The van der Waals surface area contributed by atoms with Crippen molar-refractivity contribution in [3.8, 4) is 0 Å². The van der Waals surface area contributed by atoms with Gasteiger partial charge in [0.2, 0.25) is 5.76 Å². The Bertz CT molecular complexity index is 999. The first-order valence-electron chi connectivity index (χ1n) is 7.72. The lowest BCUT2D eigenvalue weighted by Crippen LogP contribution is -2.26. The quantitative estimate of drug-likeness (QED) is 0.724. The van der Waals surface area contributed by atoms with Gasteiger partial charge in [0.15, 0.2) is 0 Å². The van der Waals surface area contributed by atoms with Crippen LogP contribution in [0.1, 0.15) is 32.6 Å². The summed E-state index contributed by atoms with van der Waals surface area (Å²) in [6.07, 6.45) is 0.476. The minimum Gasteiger partial charge on any atom is -0.475 e. The highest BCUT2D eigenvalue weighted by Crippen LogP contribution is 2.26.